The van der Waals surface area contributed by atoms with Gasteiger partial charge in [0.15, 0.2) is 5.78 Å². The zero-order chi connectivity index (χ0) is 11.7. The third-order valence-corrected chi connectivity index (χ3v) is 4.83. The average Bonchev–Trinajstić information content (AvgIpc) is 2.27. The van der Waals surface area contributed by atoms with E-state index in [0.29, 0.717) is 5.25 Å². The van der Waals surface area contributed by atoms with Gasteiger partial charge in [-0.05, 0) is 44.1 Å². The molecule has 1 heterocycles. The molecule has 1 aliphatic rings. The zero-order valence-electron chi connectivity index (χ0n) is 9.99. The lowest BCUT2D eigenvalue weighted by Crippen LogP contribution is -2.14. The van der Waals surface area contributed by atoms with Crippen molar-refractivity contribution in [1.29, 1.82) is 0 Å². The number of benzene rings is 1. The highest BCUT2D eigenvalue weighted by Crippen LogP contribution is 2.46. The van der Waals surface area contributed by atoms with Crippen LogP contribution in [0.3, 0.4) is 0 Å². The molecule has 1 unspecified atom stereocenters. The Hall–Kier alpha value is -0.960. The van der Waals surface area contributed by atoms with E-state index in [1.54, 1.807) is 6.92 Å². The monoisotopic (exact) mass is 238 g/mol. The molecular weight excluding hydrogens is 220 g/mol. The van der Waals surface area contributed by atoms with Gasteiger partial charge in [-0.25, -0.2) is 0 Å². The quantitative estimate of drug-likeness (QED) is 0.633. The van der Waals surface area contributed by atoms with Gasteiger partial charge < -0.3 is 4.74 Å². The lowest BCUT2D eigenvalue weighted by atomic mass is 10.0. The Balaban J connectivity index is 2.44. The number of ketones is 1. The van der Waals surface area contributed by atoms with Crippen molar-refractivity contribution < 1.29 is 9.53 Å². The molecule has 0 N–H and O–H groups in total. The summed E-state index contributed by atoms with van der Waals surface area (Å²) in [5, 5.41) is 0.582. The first kappa shape index (κ1) is 11.5. The van der Waals surface area contributed by atoms with Gasteiger partial charge in [0.2, 0.25) is 0 Å². The van der Waals surface area contributed by atoms with Crippen LogP contribution in [-0.4, -0.2) is 24.9 Å². The van der Waals surface area contributed by atoms with Crippen LogP contribution in [0.15, 0.2) is 18.2 Å². The number of rotatable bonds is 2. The molecule has 0 spiro atoms. The minimum Gasteiger partial charge on any atom is -0.493 e. The maximum Gasteiger partial charge on any atom is 0.159 e. The van der Waals surface area contributed by atoms with Crippen LogP contribution in [-0.2, 0) is 0 Å². The van der Waals surface area contributed by atoms with Crippen LogP contribution in [0.2, 0.25) is 0 Å². The van der Waals surface area contributed by atoms with Gasteiger partial charge in [-0.15, -0.1) is 0 Å². The average molecular weight is 238 g/mol. The van der Waals surface area contributed by atoms with E-state index in [2.05, 4.69) is 12.5 Å². The molecule has 0 radical (unpaired) electrons. The lowest BCUT2D eigenvalue weighted by Gasteiger charge is -2.31. The van der Waals surface area contributed by atoms with E-state index in [-0.39, 0.29) is 16.7 Å². The number of hydrogen-bond acceptors (Lipinski definition) is 2. The Bertz CT molecular complexity index is 412. The molecule has 0 saturated heterocycles. The maximum atomic E-state index is 11.4. The van der Waals surface area contributed by atoms with Crippen molar-refractivity contribution in [2.75, 3.05) is 19.1 Å². The molecule has 3 heteroatoms. The molecule has 16 heavy (non-hydrogen) atoms. The van der Waals surface area contributed by atoms with E-state index in [1.165, 1.54) is 5.56 Å². The molecule has 0 amide bonds. The fraction of sp³-hybridized carbons (Fsp3) is 0.462. The van der Waals surface area contributed by atoms with Gasteiger partial charge in [0.25, 0.3) is 0 Å². The molecule has 88 valence electrons. The summed E-state index contributed by atoms with van der Waals surface area (Å²) in [5.74, 6) is 1.10. The molecular formula is C13H18O2S. The van der Waals surface area contributed by atoms with Crippen molar-refractivity contribution in [3.05, 3.63) is 29.3 Å². The summed E-state index contributed by atoms with van der Waals surface area (Å²) >= 11 is 0. The van der Waals surface area contributed by atoms with Gasteiger partial charge >= 0.3 is 0 Å². The van der Waals surface area contributed by atoms with Crippen molar-refractivity contribution in [3.63, 3.8) is 0 Å². The second kappa shape index (κ2) is 4.50. The van der Waals surface area contributed by atoms with Crippen LogP contribution in [0.5, 0.6) is 5.75 Å². The van der Waals surface area contributed by atoms with E-state index in [1.807, 2.05) is 18.2 Å². The van der Waals surface area contributed by atoms with E-state index >= 15 is 0 Å². The number of thiol groups is 1. The third-order valence-electron chi connectivity index (χ3n) is 3.05. The number of carbonyl (C=O) groups is 1. The molecule has 1 aromatic rings. The highest BCUT2D eigenvalue weighted by Gasteiger charge is 2.23. The molecule has 2 rings (SSSR count). The van der Waals surface area contributed by atoms with E-state index in [4.69, 9.17) is 4.74 Å². The Kier molecular flexibility index (Phi) is 3.24. The molecule has 0 fully saturated rings. The molecule has 2 nitrogen and oxygen atoms in total. The minimum atomic E-state index is -0.0282. The van der Waals surface area contributed by atoms with Gasteiger partial charge in [0, 0.05) is 16.4 Å². The number of ether oxygens (including phenoxy) is 1. The van der Waals surface area contributed by atoms with Crippen LogP contribution >= 0.6 is 10.9 Å². The molecule has 0 aromatic heterocycles. The number of fused-ring (bicyclic) bond motifs is 1. The highest BCUT2D eigenvalue weighted by molar-refractivity contribution is 8.16. The lowest BCUT2D eigenvalue weighted by molar-refractivity contribution is 0.101. The summed E-state index contributed by atoms with van der Waals surface area (Å²) in [6, 6.07) is 5.82. The summed E-state index contributed by atoms with van der Waals surface area (Å²) in [5.41, 5.74) is 2.03. The predicted octanol–water partition coefficient (Wildman–Crippen LogP) is 2.97. The summed E-state index contributed by atoms with van der Waals surface area (Å²) in [4.78, 5) is 11.4. The number of carbonyl (C=O) groups excluding carboxylic acids is 1. The van der Waals surface area contributed by atoms with Crippen molar-refractivity contribution in [2.45, 2.75) is 18.6 Å². The maximum absolute atomic E-state index is 11.4. The van der Waals surface area contributed by atoms with Crippen molar-refractivity contribution >= 4 is 16.7 Å². The number of hydrogen-bond donors (Lipinski definition) is 1. The molecule has 1 atom stereocenters. The summed E-state index contributed by atoms with van der Waals surface area (Å²) in [6.45, 7) is 2.42. The summed E-state index contributed by atoms with van der Waals surface area (Å²) < 4.78 is 5.64. The fourth-order valence-corrected chi connectivity index (χ4v) is 3.51. The molecule has 0 saturated carbocycles. The SMILES string of the molecule is CC(=O)c1ccc2c(c1)C([SH](C)C)CCO2. The second-order valence-electron chi connectivity index (χ2n) is 4.43. The van der Waals surface area contributed by atoms with Crippen LogP contribution in [0.1, 0.15) is 34.5 Å². The van der Waals surface area contributed by atoms with Gasteiger partial charge in [-0.2, -0.15) is 0 Å². The van der Waals surface area contributed by atoms with E-state index in [9.17, 15) is 4.79 Å². The van der Waals surface area contributed by atoms with Crippen molar-refractivity contribution in [3.8, 4) is 5.75 Å². The van der Waals surface area contributed by atoms with Crippen molar-refractivity contribution in [2.24, 2.45) is 0 Å². The van der Waals surface area contributed by atoms with E-state index in [0.717, 1.165) is 24.3 Å². The van der Waals surface area contributed by atoms with Gasteiger partial charge in [0.05, 0.1) is 6.61 Å². The molecule has 1 aromatic carbocycles. The molecule has 0 aliphatic carbocycles. The zero-order valence-corrected chi connectivity index (χ0v) is 10.9. The standard InChI is InChI=1S/C13H18O2S/c1-9(14)10-4-5-12-11(8-10)13(16(2)3)6-7-15-12/h4-5,8,13,16H,6-7H2,1-3H3. The Morgan fingerprint density at radius 2 is 2.19 bits per heavy atom. The Labute approximate surface area is 99.3 Å². The normalized spacial score (nSPS) is 19.7. The van der Waals surface area contributed by atoms with Crippen LogP contribution in [0.4, 0.5) is 0 Å². The smallest absolute Gasteiger partial charge is 0.159 e. The first-order chi connectivity index (χ1) is 7.59. The topological polar surface area (TPSA) is 26.3 Å². The molecule has 0 bridgehead atoms. The van der Waals surface area contributed by atoms with Gasteiger partial charge in [-0.3, -0.25) is 15.7 Å². The van der Waals surface area contributed by atoms with Crippen LogP contribution in [0.25, 0.3) is 0 Å². The van der Waals surface area contributed by atoms with Crippen LogP contribution in [0, 0.1) is 0 Å². The second-order valence-corrected chi connectivity index (χ2v) is 6.98. The first-order valence-electron chi connectivity index (χ1n) is 5.53. The summed E-state index contributed by atoms with van der Waals surface area (Å²) in [7, 11) is -0.0282. The van der Waals surface area contributed by atoms with Crippen molar-refractivity contribution in [1.82, 2.24) is 0 Å². The Morgan fingerprint density at radius 3 is 2.81 bits per heavy atom. The molecule has 1 aliphatic heterocycles. The van der Waals surface area contributed by atoms with Crippen LogP contribution < -0.4 is 4.74 Å². The first-order valence-corrected chi connectivity index (χ1v) is 7.84. The Morgan fingerprint density at radius 1 is 1.44 bits per heavy atom. The fourth-order valence-electron chi connectivity index (χ4n) is 2.13. The van der Waals surface area contributed by atoms with E-state index < -0.39 is 0 Å². The number of Topliss-reactive ketones (excluding diaryl/α,β-unsaturated/α-hetero) is 1. The summed E-state index contributed by atoms with van der Waals surface area (Å²) in [6.07, 6.45) is 5.65. The highest BCUT2D eigenvalue weighted by atomic mass is 32.2. The largest absolute Gasteiger partial charge is 0.493 e. The third kappa shape index (κ3) is 2.09. The van der Waals surface area contributed by atoms with Gasteiger partial charge in [-0.1, -0.05) is 0 Å². The van der Waals surface area contributed by atoms with Gasteiger partial charge in [0.1, 0.15) is 5.75 Å². The predicted molar refractivity (Wildman–Crippen MR) is 70.1 cm³/mol. The minimum absolute atomic E-state index is 0.0282.